The number of rotatable bonds is 5. The number of benzene rings is 2. The number of carbonyl (C=O) groups excluding carboxylic acids is 1. The van der Waals surface area contributed by atoms with Crippen molar-refractivity contribution in [3.8, 4) is 6.07 Å². The van der Waals surface area contributed by atoms with E-state index < -0.39 is 18.1 Å². The van der Waals surface area contributed by atoms with Crippen LogP contribution >= 0.6 is 23.2 Å². The number of halogens is 2. The molecular formula is C17H14Cl2N2O2. The summed E-state index contributed by atoms with van der Waals surface area (Å²) < 4.78 is 0. The molecule has 1 amide bonds. The van der Waals surface area contributed by atoms with Gasteiger partial charge < -0.3 is 10.4 Å². The molecule has 2 aromatic carbocycles. The van der Waals surface area contributed by atoms with E-state index in [4.69, 9.17) is 23.2 Å². The molecule has 0 heterocycles. The maximum Gasteiger partial charge on any atom is 0.224 e. The van der Waals surface area contributed by atoms with Crippen LogP contribution in [0.4, 0.5) is 0 Å². The number of carbonyl (C=O) groups is 1. The number of nitrogens with one attached hydrogen (secondary N) is 1. The van der Waals surface area contributed by atoms with Crippen LogP contribution in [0.3, 0.4) is 0 Å². The molecule has 6 heteroatoms. The zero-order valence-electron chi connectivity index (χ0n) is 12.0. The molecule has 2 rings (SSSR count). The SMILES string of the molecule is N#CC(NC(=O)CC(O)c1ccc(Cl)cc1)c1ccc(Cl)cc1. The van der Waals surface area contributed by atoms with Gasteiger partial charge in [-0.1, -0.05) is 47.5 Å². The van der Waals surface area contributed by atoms with E-state index in [2.05, 4.69) is 5.32 Å². The topological polar surface area (TPSA) is 73.1 Å². The molecule has 0 aromatic heterocycles. The first-order valence-corrected chi connectivity index (χ1v) is 7.63. The predicted molar refractivity (Wildman–Crippen MR) is 89.0 cm³/mol. The van der Waals surface area contributed by atoms with Crippen LogP contribution in [0.25, 0.3) is 0 Å². The summed E-state index contributed by atoms with van der Waals surface area (Å²) >= 11 is 11.6. The number of aliphatic hydroxyl groups is 1. The molecular weight excluding hydrogens is 335 g/mol. The zero-order chi connectivity index (χ0) is 16.8. The third kappa shape index (κ3) is 4.97. The highest BCUT2D eigenvalue weighted by molar-refractivity contribution is 6.30. The Hall–Kier alpha value is -2.06. The average molecular weight is 349 g/mol. The molecule has 2 atom stereocenters. The Labute approximate surface area is 144 Å². The van der Waals surface area contributed by atoms with Crippen molar-refractivity contribution in [1.29, 1.82) is 5.26 Å². The highest BCUT2D eigenvalue weighted by atomic mass is 35.5. The van der Waals surface area contributed by atoms with Gasteiger partial charge in [0.25, 0.3) is 0 Å². The summed E-state index contributed by atoms with van der Waals surface area (Å²) in [6.45, 7) is 0. The summed E-state index contributed by atoms with van der Waals surface area (Å²) in [4.78, 5) is 12.0. The van der Waals surface area contributed by atoms with Crippen molar-refractivity contribution >= 4 is 29.1 Å². The van der Waals surface area contributed by atoms with Crippen molar-refractivity contribution in [1.82, 2.24) is 5.32 Å². The van der Waals surface area contributed by atoms with Gasteiger partial charge in [0.05, 0.1) is 18.6 Å². The molecule has 118 valence electrons. The number of hydrogen-bond donors (Lipinski definition) is 2. The minimum atomic E-state index is -0.961. The molecule has 0 radical (unpaired) electrons. The summed E-state index contributed by atoms with van der Waals surface area (Å²) in [5.74, 6) is -0.422. The molecule has 2 N–H and O–H groups in total. The van der Waals surface area contributed by atoms with Gasteiger partial charge >= 0.3 is 0 Å². The van der Waals surface area contributed by atoms with Crippen LogP contribution in [0.1, 0.15) is 29.7 Å². The molecule has 4 nitrogen and oxygen atoms in total. The van der Waals surface area contributed by atoms with Gasteiger partial charge in [-0.15, -0.1) is 0 Å². The van der Waals surface area contributed by atoms with Crippen molar-refractivity contribution in [2.24, 2.45) is 0 Å². The second-order valence-corrected chi connectivity index (χ2v) is 5.83. The van der Waals surface area contributed by atoms with Gasteiger partial charge in [0, 0.05) is 10.0 Å². The maximum absolute atomic E-state index is 12.0. The Bertz CT molecular complexity index is 709. The van der Waals surface area contributed by atoms with Crippen molar-refractivity contribution in [2.75, 3.05) is 0 Å². The molecule has 0 aliphatic heterocycles. The van der Waals surface area contributed by atoms with Crippen LogP contribution in [0, 0.1) is 11.3 Å². The van der Waals surface area contributed by atoms with Gasteiger partial charge in [-0.2, -0.15) is 5.26 Å². The van der Waals surface area contributed by atoms with Gasteiger partial charge in [0.2, 0.25) is 5.91 Å². The summed E-state index contributed by atoms with van der Waals surface area (Å²) in [7, 11) is 0. The van der Waals surface area contributed by atoms with Gasteiger partial charge in [-0.05, 0) is 35.4 Å². The molecule has 0 fully saturated rings. The smallest absolute Gasteiger partial charge is 0.224 e. The van der Waals surface area contributed by atoms with Crippen molar-refractivity contribution in [2.45, 2.75) is 18.6 Å². The molecule has 2 aromatic rings. The van der Waals surface area contributed by atoms with E-state index >= 15 is 0 Å². The molecule has 2 unspecified atom stereocenters. The minimum Gasteiger partial charge on any atom is -0.388 e. The molecule has 0 spiro atoms. The number of hydrogen-bond acceptors (Lipinski definition) is 3. The molecule has 0 aliphatic carbocycles. The number of nitriles is 1. The number of amides is 1. The lowest BCUT2D eigenvalue weighted by molar-refractivity contribution is -0.123. The van der Waals surface area contributed by atoms with Crippen molar-refractivity contribution < 1.29 is 9.90 Å². The lowest BCUT2D eigenvalue weighted by Gasteiger charge is -2.15. The van der Waals surface area contributed by atoms with E-state index in [1.165, 1.54) is 0 Å². The van der Waals surface area contributed by atoms with E-state index in [1.807, 2.05) is 6.07 Å². The Morgan fingerprint density at radius 1 is 1.04 bits per heavy atom. The van der Waals surface area contributed by atoms with Gasteiger partial charge in [0.15, 0.2) is 0 Å². The Kier molecular flexibility index (Phi) is 6.00. The first-order valence-electron chi connectivity index (χ1n) is 6.87. The van der Waals surface area contributed by atoms with E-state index in [1.54, 1.807) is 48.5 Å². The fourth-order valence-electron chi connectivity index (χ4n) is 2.04. The fraction of sp³-hybridized carbons (Fsp3) is 0.176. The molecule has 0 bridgehead atoms. The summed E-state index contributed by atoms with van der Waals surface area (Å²) in [6.07, 6.45) is -1.11. The number of nitrogens with zero attached hydrogens (tertiary/aromatic N) is 1. The van der Waals surface area contributed by atoms with Crippen LogP contribution in [-0.2, 0) is 4.79 Å². The van der Waals surface area contributed by atoms with Crippen molar-refractivity contribution in [3.05, 3.63) is 69.7 Å². The van der Waals surface area contributed by atoms with Crippen LogP contribution < -0.4 is 5.32 Å². The van der Waals surface area contributed by atoms with Gasteiger partial charge in [-0.25, -0.2) is 0 Å². The Balaban J connectivity index is 1.98. The third-order valence-corrected chi connectivity index (χ3v) is 3.78. The van der Waals surface area contributed by atoms with E-state index in [9.17, 15) is 15.2 Å². The van der Waals surface area contributed by atoms with Gasteiger partial charge in [0.1, 0.15) is 6.04 Å². The van der Waals surface area contributed by atoms with Crippen molar-refractivity contribution in [3.63, 3.8) is 0 Å². The first kappa shape index (κ1) is 17.3. The van der Waals surface area contributed by atoms with Crippen LogP contribution in [0.5, 0.6) is 0 Å². The third-order valence-electron chi connectivity index (χ3n) is 3.27. The quantitative estimate of drug-likeness (QED) is 0.862. The zero-order valence-corrected chi connectivity index (χ0v) is 13.6. The lowest BCUT2D eigenvalue weighted by Crippen LogP contribution is -2.28. The maximum atomic E-state index is 12.0. The van der Waals surface area contributed by atoms with Gasteiger partial charge in [-0.3, -0.25) is 4.79 Å². The number of aliphatic hydroxyl groups excluding tert-OH is 1. The standard InChI is InChI=1S/C17H14Cl2N2O2/c18-13-5-1-11(2-6-13)15(10-20)21-17(23)9-16(22)12-3-7-14(19)8-4-12/h1-8,15-16,22H,9H2,(H,21,23). The summed E-state index contributed by atoms with van der Waals surface area (Å²) in [6, 6.07) is 14.5. The molecule has 0 saturated heterocycles. The van der Waals surface area contributed by atoms with E-state index in [0.717, 1.165) is 0 Å². The monoisotopic (exact) mass is 348 g/mol. The second-order valence-electron chi connectivity index (χ2n) is 4.95. The minimum absolute atomic E-state index is 0.145. The normalized spacial score (nSPS) is 13.0. The predicted octanol–water partition coefficient (Wildman–Crippen LogP) is 3.80. The van der Waals surface area contributed by atoms with E-state index in [0.29, 0.717) is 21.2 Å². The van der Waals surface area contributed by atoms with E-state index in [-0.39, 0.29) is 6.42 Å². The largest absolute Gasteiger partial charge is 0.388 e. The average Bonchev–Trinajstić information content (AvgIpc) is 2.54. The van der Waals surface area contributed by atoms with Crippen LogP contribution in [0.15, 0.2) is 48.5 Å². The fourth-order valence-corrected chi connectivity index (χ4v) is 2.30. The molecule has 0 aliphatic rings. The Morgan fingerprint density at radius 2 is 1.52 bits per heavy atom. The second kappa shape index (κ2) is 7.98. The highest BCUT2D eigenvalue weighted by Gasteiger charge is 2.17. The molecule has 23 heavy (non-hydrogen) atoms. The molecule has 0 saturated carbocycles. The van der Waals surface area contributed by atoms with Crippen LogP contribution in [0.2, 0.25) is 10.0 Å². The summed E-state index contributed by atoms with van der Waals surface area (Å²) in [5.41, 5.74) is 1.22. The highest BCUT2D eigenvalue weighted by Crippen LogP contribution is 2.20. The first-order chi connectivity index (χ1) is 11.0. The summed E-state index contributed by atoms with van der Waals surface area (Å²) in [5, 5.41) is 23.0. The van der Waals surface area contributed by atoms with Crippen LogP contribution in [-0.4, -0.2) is 11.0 Å². The lowest BCUT2D eigenvalue weighted by atomic mass is 10.0. The Morgan fingerprint density at radius 3 is 2.00 bits per heavy atom.